The molecule has 3 aromatic rings. The van der Waals surface area contributed by atoms with Crippen molar-refractivity contribution in [3.8, 4) is 17.2 Å². The first-order valence-corrected chi connectivity index (χ1v) is 8.72. The lowest BCUT2D eigenvalue weighted by Gasteiger charge is -2.17. The monoisotopic (exact) mass is 365 g/mol. The molecular formula is C21H23N3O3. The molecule has 0 saturated heterocycles. The van der Waals surface area contributed by atoms with Crippen molar-refractivity contribution in [2.24, 2.45) is 0 Å². The Labute approximate surface area is 158 Å². The first-order chi connectivity index (χ1) is 13.1. The maximum absolute atomic E-state index is 12.7. The number of para-hydroxylation sites is 1. The molecule has 0 N–H and O–H groups in total. The van der Waals surface area contributed by atoms with Crippen LogP contribution in [0.25, 0.3) is 5.69 Å². The average Bonchev–Trinajstić information content (AvgIpc) is 3.09. The van der Waals surface area contributed by atoms with Crippen molar-refractivity contribution >= 4 is 5.91 Å². The molecule has 6 heteroatoms. The SMILES string of the molecule is COc1ccc(OCCN(C)C(=O)c2cnn(-c3ccccc3)c2C)cc1. The minimum absolute atomic E-state index is 0.0759. The molecule has 0 aliphatic heterocycles. The highest BCUT2D eigenvalue weighted by Gasteiger charge is 2.18. The summed E-state index contributed by atoms with van der Waals surface area (Å²) in [5.74, 6) is 1.44. The Morgan fingerprint density at radius 3 is 2.41 bits per heavy atom. The van der Waals surface area contributed by atoms with Gasteiger partial charge in [-0.2, -0.15) is 5.10 Å². The highest BCUT2D eigenvalue weighted by Crippen LogP contribution is 2.18. The third-order valence-corrected chi connectivity index (χ3v) is 4.34. The predicted molar refractivity (Wildman–Crippen MR) is 104 cm³/mol. The Morgan fingerprint density at radius 2 is 1.74 bits per heavy atom. The van der Waals surface area contributed by atoms with Gasteiger partial charge in [-0.25, -0.2) is 4.68 Å². The van der Waals surface area contributed by atoms with Gasteiger partial charge < -0.3 is 14.4 Å². The number of ether oxygens (including phenoxy) is 2. The Balaban J connectivity index is 1.59. The van der Waals surface area contributed by atoms with Gasteiger partial charge in [0.25, 0.3) is 5.91 Å². The lowest BCUT2D eigenvalue weighted by molar-refractivity contribution is 0.0773. The van der Waals surface area contributed by atoms with E-state index in [-0.39, 0.29) is 5.91 Å². The first-order valence-electron chi connectivity index (χ1n) is 8.72. The van der Waals surface area contributed by atoms with Crippen LogP contribution >= 0.6 is 0 Å². The molecule has 1 amide bonds. The molecule has 0 aliphatic carbocycles. The highest BCUT2D eigenvalue weighted by molar-refractivity contribution is 5.95. The zero-order valence-electron chi connectivity index (χ0n) is 15.8. The minimum atomic E-state index is -0.0759. The molecule has 0 saturated carbocycles. The van der Waals surface area contributed by atoms with Crippen molar-refractivity contribution < 1.29 is 14.3 Å². The number of hydrogen-bond donors (Lipinski definition) is 0. The summed E-state index contributed by atoms with van der Waals surface area (Å²) in [6.45, 7) is 2.77. The molecule has 1 heterocycles. The third-order valence-electron chi connectivity index (χ3n) is 4.34. The highest BCUT2D eigenvalue weighted by atomic mass is 16.5. The fourth-order valence-electron chi connectivity index (χ4n) is 2.73. The molecular weight excluding hydrogens is 342 g/mol. The molecule has 0 bridgehead atoms. The van der Waals surface area contributed by atoms with Gasteiger partial charge in [-0.05, 0) is 43.3 Å². The second-order valence-electron chi connectivity index (χ2n) is 6.14. The Morgan fingerprint density at radius 1 is 1.07 bits per heavy atom. The molecule has 1 aromatic heterocycles. The zero-order chi connectivity index (χ0) is 19.2. The number of likely N-dealkylation sites (N-methyl/N-ethyl adjacent to an activating group) is 1. The summed E-state index contributed by atoms with van der Waals surface area (Å²) in [5, 5.41) is 4.36. The van der Waals surface area contributed by atoms with Gasteiger partial charge in [0.2, 0.25) is 0 Å². The van der Waals surface area contributed by atoms with Crippen molar-refractivity contribution in [3.05, 3.63) is 72.1 Å². The molecule has 0 spiro atoms. The number of carbonyl (C=O) groups is 1. The van der Waals surface area contributed by atoms with E-state index in [2.05, 4.69) is 5.10 Å². The molecule has 2 aromatic carbocycles. The summed E-state index contributed by atoms with van der Waals surface area (Å²) in [4.78, 5) is 14.4. The number of hydrogen-bond acceptors (Lipinski definition) is 4. The average molecular weight is 365 g/mol. The Bertz CT molecular complexity index is 889. The predicted octanol–water partition coefficient (Wildman–Crippen LogP) is 3.34. The van der Waals surface area contributed by atoms with Gasteiger partial charge in [0.1, 0.15) is 18.1 Å². The lowest BCUT2D eigenvalue weighted by Crippen LogP contribution is -2.31. The lowest BCUT2D eigenvalue weighted by atomic mass is 10.2. The number of carbonyl (C=O) groups excluding carboxylic acids is 1. The molecule has 140 valence electrons. The summed E-state index contributed by atoms with van der Waals surface area (Å²) >= 11 is 0. The quantitative estimate of drug-likeness (QED) is 0.644. The van der Waals surface area contributed by atoms with Crippen LogP contribution in [0.5, 0.6) is 11.5 Å². The Kier molecular flexibility index (Phi) is 5.76. The van der Waals surface area contributed by atoms with E-state index >= 15 is 0 Å². The van der Waals surface area contributed by atoms with E-state index in [9.17, 15) is 4.79 Å². The molecule has 6 nitrogen and oxygen atoms in total. The third kappa shape index (κ3) is 4.28. The van der Waals surface area contributed by atoms with Crippen molar-refractivity contribution in [1.82, 2.24) is 14.7 Å². The number of amides is 1. The van der Waals surface area contributed by atoms with Crippen LogP contribution in [0.4, 0.5) is 0 Å². The molecule has 0 fully saturated rings. The standard InChI is InChI=1S/C21H23N3O3/c1-16-20(15-22-24(16)17-7-5-4-6-8-17)21(25)23(2)13-14-27-19-11-9-18(26-3)10-12-19/h4-12,15H,13-14H2,1-3H3. The summed E-state index contributed by atoms with van der Waals surface area (Å²) in [6.07, 6.45) is 1.62. The van der Waals surface area contributed by atoms with Crippen molar-refractivity contribution in [2.75, 3.05) is 27.3 Å². The normalized spacial score (nSPS) is 10.5. The molecule has 0 aliphatic rings. The molecule has 0 atom stereocenters. The number of benzene rings is 2. The summed E-state index contributed by atoms with van der Waals surface area (Å²) in [7, 11) is 3.39. The number of rotatable bonds is 7. The van der Waals surface area contributed by atoms with E-state index < -0.39 is 0 Å². The van der Waals surface area contributed by atoms with E-state index in [4.69, 9.17) is 9.47 Å². The van der Waals surface area contributed by atoms with Crippen molar-refractivity contribution in [3.63, 3.8) is 0 Å². The number of aromatic nitrogens is 2. The van der Waals surface area contributed by atoms with Crippen LogP contribution in [0.15, 0.2) is 60.8 Å². The van der Waals surface area contributed by atoms with E-state index in [0.29, 0.717) is 18.7 Å². The largest absolute Gasteiger partial charge is 0.497 e. The van der Waals surface area contributed by atoms with Crippen LogP contribution in [0, 0.1) is 6.92 Å². The molecule has 0 unspecified atom stereocenters. The van der Waals surface area contributed by atoms with E-state index in [0.717, 1.165) is 22.9 Å². The van der Waals surface area contributed by atoms with Crippen LogP contribution in [0.1, 0.15) is 16.1 Å². The second kappa shape index (κ2) is 8.40. The van der Waals surface area contributed by atoms with Crippen molar-refractivity contribution in [1.29, 1.82) is 0 Å². The Hall–Kier alpha value is -3.28. The van der Waals surface area contributed by atoms with Gasteiger partial charge in [-0.3, -0.25) is 4.79 Å². The van der Waals surface area contributed by atoms with Gasteiger partial charge in [0.05, 0.1) is 36.8 Å². The zero-order valence-corrected chi connectivity index (χ0v) is 15.8. The van der Waals surface area contributed by atoms with Gasteiger partial charge in [-0.15, -0.1) is 0 Å². The fraction of sp³-hybridized carbons (Fsp3) is 0.238. The van der Waals surface area contributed by atoms with E-state index in [1.807, 2.05) is 61.5 Å². The molecule has 3 rings (SSSR count). The number of methoxy groups -OCH3 is 1. The van der Waals surface area contributed by atoms with Gasteiger partial charge in [0, 0.05) is 7.05 Å². The maximum atomic E-state index is 12.7. The van der Waals surface area contributed by atoms with Crippen LogP contribution < -0.4 is 9.47 Å². The number of nitrogens with zero attached hydrogens (tertiary/aromatic N) is 3. The summed E-state index contributed by atoms with van der Waals surface area (Å²) in [5.41, 5.74) is 2.33. The maximum Gasteiger partial charge on any atom is 0.257 e. The first kappa shape index (κ1) is 18.5. The molecule has 0 radical (unpaired) electrons. The minimum Gasteiger partial charge on any atom is -0.497 e. The summed E-state index contributed by atoms with van der Waals surface area (Å²) < 4.78 is 12.6. The van der Waals surface area contributed by atoms with E-state index in [1.165, 1.54) is 0 Å². The van der Waals surface area contributed by atoms with Crippen LogP contribution in [-0.2, 0) is 0 Å². The van der Waals surface area contributed by atoms with Gasteiger partial charge >= 0.3 is 0 Å². The topological polar surface area (TPSA) is 56.6 Å². The van der Waals surface area contributed by atoms with Crippen LogP contribution in [-0.4, -0.2) is 47.9 Å². The van der Waals surface area contributed by atoms with Crippen LogP contribution in [0.3, 0.4) is 0 Å². The van der Waals surface area contributed by atoms with Crippen LogP contribution in [0.2, 0.25) is 0 Å². The molecule has 27 heavy (non-hydrogen) atoms. The van der Waals surface area contributed by atoms with E-state index in [1.54, 1.807) is 29.9 Å². The fourth-order valence-corrected chi connectivity index (χ4v) is 2.73. The van der Waals surface area contributed by atoms with Gasteiger partial charge in [-0.1, -0.05) is 18.2 Å². The second-order valence-corrected chi connectivity index (χ2v) is 6.14. The van der Waals surface area contributed by atoms with Gasteiger partial charge in [0.15, 0.2) is 0 Å². The van der Waals surface area contributed by atoms with Crippen molar-refractivity contribution in [2.45, 2.75) is 6.92 Å². The smallest absolute Gasteiger partial charge is 0.257 e. The summed E-state index contributed by atoms with van der Waals surface area (Å²) in [6, 6.07) is 17.1.